The van der Waals surface area contributed by atoms with E-state index in [4.69, 9.17) is 4.74 Å². The smallest absolute Gasteiger partial charge is 0.0613 e. The zero-order chi connectivity index (χ0) is 12.8. The molecule has 0 radical (unpaired) electrons. The molecule has 2 atom stereocenters. The second-order valence-electron chi connectivity index (χ2n) is 6.28. The lowest BCUT2D eigenvalue weighted by atomic mass is 9.83. The van der Waals surface area contributed by atoms with Gasteiger partial charge in [0.1, 0.15) is 0 Å². The standard InChI is InChI=1S/C16H31NO/c1-3-5-13-6-8-15(9-7-13)17-12-14-10-11-18-16(14)4-2/h13-17H,3-12H2,1-2H3. The Balaban J connectivity index is 1.63. The number of nitrogens with one attached hydrogen (secondary N) is 1. The van der Waals surface area contributed by atoms with Crippen LogP contribution in [0.25, 0.3) is 0 Å². The quantitative estimate of drug-likeness (QED) is 0.778. The Bertz CT molecular complexity index is 223. The van der Waals surface area contributed by atoms with E-state index in [1.165, 1.54) is 57.9 Å². The van der Waals surface area contributed by atoms with Crippen LogP contribution in [0.15, 0.2) is 0 Å². The van der Waals surface area contributed by atoms with Crippen LogP contribution in [0.1, 0.15) is 65.2 Å². The van der Waals surface area contributed by atoms with Gasteiger partial charge in [0.2, 0.25) is 0 Å². The molecule has 0 aromatic heterocycles. The van der Waals surface area contributed by atoms with Gasteiger partial charge in [-0.15, -0.1) is 0 Å². The second kappa shape index (κ2) is 7.49. The molecule has 2 heteroatoms. The summed E-state index contributed by atoms with van der Waals surface area (Å²) in [4.78, 5) is 0. The van der Waals surface area contributed by atoms with Gasteiger partial charge < -0.3 is 10.1 Å². The van der Waals surface area contributed by atoms with Gasteiger partial charge in [0.05, 0.1) is 6.10 Å². The molecule has 0 aromatic rings. The molecular formula is C16H31NO. The van der Waals surface area contributed by atoms with E-state index >= 15 is 0 Å². The molecule has 18 heavy (non-hydrogen) atoms. The number of hydrogen-bond acceptors (Lipinski definition) is 2. The highest BCUT2D eigenvalue weighted by Gasteiger charge is 2.28. The first-order valence-electron chi connectivity index (χ1n) is 8.18. The third-order valence-corrected chi connectivity index (χ3v) is 4.96. The Hall–Kier alpha value is -0.0800. The summed E-state index contributed by atoms with van der Waals surface area (Å²) in [6.07, 6.45) is 11.5. The highest BCUT2D eigenvalue weighted by atomic mass is 16.5. The number of rotatable bonds is 6. The van der Waals surface area contributed by atoms with Crippen molar-refractivity contribution in [2.24, 2.45) is 11.8 Å². The number of ether oxygens (including phenoxy) is 1. The maximum atomic E-state index is 5.76. The zero-order valence-electron chi connectivity index (χ0n) is 12.3. The molecule has 0 aromatic carbocycles. The van der Waals surface area contributed by atoms with Crippen molar-refractivity contribution in [2.75, 3.05) is 13.2 Å². The molecule has 2 nitrogen and oxygen atoms in total. The summed E-state index contributed by atoms with van der Waals surface area (Å²) in [6.45, 7) is 6.73. The van der Waals surface area contributed by atoms with Crippen LogP contribution in [-0.4, -0.2) is 25.3 Å². The summed E-state index contributed by atoms with van der Waals surface area (Å²) in [5.41, 5.74) is 0. The Morgan fingerprint density at radius 1 is 1.06 bits per heavy atom. The van der Waals surface area contributed by atoms with Crippen molar-refractivity contribution in [3.05, 3.63) is 0 Å². The first-order valence-corrected chi connectivity index (χ1v) is 8.18. The summed E-state index contributed by atoms with van der Waals surface area (Å²) >= 11 is 0. The van der Waals surface area contributed by atoms with Crippen molar-refractivity contribution in [1.29, 1.82) is 0 Å². The Labute approximate surface area is 113 Å². The second-order valence-corrected chi connectivity index (χ2v) is 6.28. The molecule has 1 saturated heterocycles. The summed E-state index contributed by atoms with van der Waals surface area (Å²) in [5, 5.41) is 3.81. The molecule has 0 spiro atoms. The van der Waals surface area contributed by atoms with Gasteiger partial charge in [0.25, 0.3) is 0 Å². The molecule has 0 bridgehead atoms. The largest absolute Gasteiger partial charge is 0.378 e. The van der Waals surface area contributed by atoms with Crippen molar-refractivity contribution in [3.8, 4) is 0 Å². The van der Waals surface area contributed by atoms with E-state index in [1.807, 2.05) is 0 Å². The van der Waals surface area contributed by atoms with Crippen LogP contribution in [0.2, 0.25) is 0 Å². The minimum Gasteiger partial charge on any atom is -0.378 e. The minimum absolute atomic E-state index is 0.522. The lowest BCUT2D eigenvalue weighted by Gasteiger charge is -2.30. The highest BCUT2D eigenvalue weighted by Crippen LogP contribution is 2.28. The molecule has 2 unspecified atom stereocenters. The summed E-state index contributed by atoms with van der Waals surface area (Å²) in [5.74, 6) is 1.79. The molecule has 2 rings (SSSR count). The van der Waals surface area contributed by atoms with Crippen LogP contribution in [-0.2, 0) is 4.74 Å². The molecule has 2 aliphatic rings. The fraction of sp³-hybridized carbons (Fsp3) is 1.00. The van der Waals surface area contributed by atoms with Gasteiger partial charge in [-0.1, -0.05) is 26.7 Å². The topological polar surface area (TPSA) is 21.3 Å². The third-order valence-electron chi connectivity index (χ3n) is 4.96. The molecule has 1 heterocycles. The predicted molar refractivity (Wildman–Crippen MR) is 76.8 cm³/mol. The molecule has 1 aliphatic heterocycles. The molecule has 2 fully saturated rings. The maximum Gasteiger partial charge on any atom is 0.0613 e. The van der Waals surface area contributed by atoms with Crippen LogP contribution < -0.4 is 5.32 Å². The third kappa shape index (κ3) is 3.96. The van der Waals surface area contributed by atoms with Gasteiger partial charge in [0, 0.05) is 19.2 Å². The van der Waals surface area contributed by atoms with Gasteiger partial charge in [-0.25, -0.2) is 0 Å². The van der Waals surface area contributed by atoms with Crippen LogP contribution in [0.5, 0.6) is 0 Å². The molecule has 106 valence electrons. The van der Waals surface area contributed by atoms with E-state index in [1.54, 1.807) is 0 Å². The Morgan fingerprint density at radius 3 is 2.50 bits per heavy atom. The van der Waals surface area contributed by atoms with Crippen molar-refractivity contribution in [2.45, 2.75) is 77.4 Å². The molecule has 1 aliphatic carbocycles. The molecule has 1 saturated carbocycles. The summed E-state index contributed by atoms with van der Waals surface area (Å²) in [7, 11) is 0. The van der Waals surface area contributed by atoms with E-state index in [-0.39, 0.29) is 0 Å². The van der Waals surface area contributed by atoms with Crippen LogP contribution >= 0.6 is 0 Å². The molecular weight excluding hydrogens is 222 g/mol. The van der Waals surface area contributed by atoms with E-state index in [0.29, 0.717) is 6.10 Å². The summed E-state index contributed by atoms with van der Waals surface area (Å²) < 4.78 is 5.76. The van der Waals surface area contributed by atoms with Gasteiger partial charge in [-0.2, -0.15) is 0 Å². The van der Waals surface area contributed by atoms with E-state index in [9.17, 15) is 0 Å². The zero-order valence-corrected chi connectivity index (χ0v) is 12.3. The minimum atomic E-state index is 0.522. The van der Waals surface area contributed by atoms with Crippen molar-refractivity contribution in [1.82, 2.24) is 5.32 Å². The van der Waals surface area contributed by atoms with Crippen molar-refractivity contribution in [3.63, 3.8) is 0 Å². The Kier molecular flexibility index (Phi) is 5.97. The monoisotopic (exact) mass is 253 g/mol. The fourth-order valence-corrected chi connectivity index (χ4v) is 3.76. The maximum absolute atomic E-state index is 5.76. The molecule has 1 N–H and O–H groups in total. The van der Waals surface area contributed by atoms with Gasteiger partial charge in [-0.3, -0.25) is 0 Å². The fourth-order valence-electron chi connectivity index (χ4n) is 3.76. The van der Waals surface area contributed by atoms with Gasteiger partial charge in [-0.05, 0) is 50.4 Å². The lowest BCUT2D eigenvalue weighted by molar-refractivity contribution is 0.0859. The van der Waals surface area contributed by atoms with Gasteiger partial charge in [0.15, 0.2) is 0 Å². The highest BCUT2D eigenvalue weighted by molar-refractivity contribution is 4.81. The van der Waals surface area contributed by atoms with Gasteiger partial charge >= 0.3 is 0 Å². The first-order chi connectivity index (χ1) is 8.83. The normalized spacial score (nSPS) is 37.0. The SMILES string of the molecule is CCCC1CCC(NCC2CCOC2CC)CC1. The first kappa shape index (κ1) is 14.3. The summed E-state index contributed by atoms with van der Waals surface area (Å²) in [6, 6.07) is 0.788. The Morgan fingerprint density at radius 2 is 1.83 bits per heavy atom. The molecule has 0 amide bonds. The van der Waals surface area contributed by atoms with Crippen LogP contribution in [0.4, 0.5) is 0 Å². The average Bonchev–Trinajstić information content (AvgIpc) is 2.86. The van der Waals surface area contributed by atoms with Crippen LogP contribution in [0, 0.1) is 11.8 Å². The predicted octanol–water partition coefficient (Wildman–Crippen LogP) is 3.75. The van der Waals surface area contributed by atoms with Crippen LogP contribution in [0.3, 0.4) is 0 Å². The van der Waals surface area contributed by atoms with Crippen molar-refractivity contribution < 1.29 is 4.74 Å². The van der Waals surface area contributed by atoms with E-state index < -0.39 is 0 Å². The number of hydrogen-bond donors (Lipinski definition) is 1. The lowest BCUT2D eigenvalue weighted by Crippen LogP contribution is -2.38. The average molecular weight is 253 g/mol. The van der Waals surface area contributed by atoms with E-state index in [2.05, 4.69) is 19.2 Å². The van der Waals surface area contributed by atoms with E-state index in [0.717, 1.165) is 24.5 Å². The van der Waals surface area contributed by atoms with Crippen molar-refractivity contribution >= 4 is 0 Å².